The van der Waals surface area contributed by atoms with E-state index in [0.717, 1.165) is 0 Å². The molecule has 0 unspecified atom stereocenters. The van der Waals surface area contributed by atoms with E-state index in [2.05, 4.69) is 19.6 Å². The fourth-order valence-electron chi connectivity index (χ4n) is 0.612. The first-order valence-corrected chi connectivity index (χ1v) is 8.81. The Morgan fingerprint density at radius 1 is 1.43 bits per heavy atom. The molecule has 0 spiro atoms. The predicted molar refractivity (Wildman–Crippen MR) is 42.9 cm³/mol. The lowest BCUT2D eigenvalue weighted by molar-refractivity contribution is 1.38. The van der Waals surface area contributed by atoms with Gasteiger partial charge in [-0.2, -0.15) is 0 Å². The molecule has 0 N–H and O–H groups in total. The van der Waals surface area contributed by atoms with Crippen molar-refractivity contribution < 1.29 is 0 Å². The molecule has 7 heavy (non-hydrogen) atoms. The molecule has 0 aromatic rings. The van der Waals surface area contributed by atoms with Crippen molar-refractivity contribution in [3.63, 3.8) is 0 Å². The summed E-state index contributed by atoms with van der Waals surface area (Å²) in [6.45, 7) is 7.27. The van der Waals surface area contributed by atoms with Crippen molar-refractivity contribution in [2.45, 2.75) is 31.7 Å². The molecule has 0 fully saturated rings. The molecule has 0 nitrogen and oxygen atoms in total. The SMILES string of the molecule is C[SiH2]CC[SiH](C)C. The van der Waals surface area contributed by atoms with Gasteiger partial charge in [0.05, 0.1) is 0 Å². The average Bonchev–Trinajstić information content (AvgIpc) is 1.61. The molecule has 0 saturated heterocycles. The van der Waals surface area contributed by atoms with Crippen LogP contribution in [0.15, 0.2) is 0 Å². The van der Waals surface area contributed by atoms with Gasteiger partial charge in [-0.1, -0.05) is 31.7 Å². The van der Waals surface area contributed by atoms with Crippen LogP contribution < -0.4 is 0 Å². The van der Waals surface area contributed by atoms with Crippen LogP contribution in [0.1, 0.15) is 0 Å². The maximum atomic E-state index is 2.43. The first-order chi connectivity index (χ1) is 3.27. The molecule has 0 aliphatic heterocycles. The Bertz CT molecular complexity index is 35.1. The van der Waals surface area contributed by atoms with Gasteiger partial charge < -0.3 is 0 Å². The lowest BCUT2D eigenvalue weighted by Gasteiger charge is -1.96. The molecule has 0 bridgehead atoms. The van der Waals surface area contributed by atoms with Crippen LogP contribution in [0.5, 0.6) is 0 Å². The third-order valence-corrected chi connectivity index (χ3v) is 4.63. The summed E-state index contributed by atoms with van der Waals surface area (Å²) in [6, 6.07) is 3.20. The maximum Gasteiger partial charge on any atom is 0.0302 e. The maximum absolute atomic E-state index is 2.43. The summed E-state index contributed by atoms with van der Waals surface area (Å²) < 4.78 is 0. The highest BCUT2D eigenvalue weighted by atomic mass is 28.3. The average molecular weight is 132 g/mol. The highest BCUT2D eigenvalue weighted by molar-refractivity contribution is 6.57. The lowest BCUT2D eigenvalue weighted by Crippen LogP contribution is -1.98. The van der Waals surface area contributed by atoms with Gasteiger partial charge in [-0.15, -0.1) is 0 Å². The Morgan fingerprint density at radius 3 is 2.14 bits per heavy atom. The third-order valence-electron chi connectivity index (χ3n) is 1.14. The van der Waals surface area contributed by atoms with E-state index in [1.807, 2.05) is 0 Å². The Morgan fingerprint density at radius 2 is 2.00 bits per heavy atom. The van der Waals surface area contributed by atoms with Gasteiger partial charge in [-0.05, 0) is 0 Å². The molecule has 0 rings (SSSR count). The standard InChI is InChI=1S/C5H16Si2/c1-6-4-5-7(2)3/h7H,4-6H2,1-3H3. The Kier molecular flexibility index (Phi) is 4.87. The van der Waals surface area contributed by atoms with Crippen LogP contribution in [0, 0.1) is 0 Å². The first-order valence-electron chi connectivity index (χ1n) is 3.27. The van der Waals surface area contributed by atoms with Crippen LogP contribution in [0.4, 0.5) is 0 Å². The molecule has 0 aliphatic rings. The van der Waals surface area contributed by atoms with Gasteiger partial charge >= 0.3 is 0 Å². The summed E-state index contributed by atoms with van der Waals surface area (Å²) in [5, 5.41) is 0. The minimum atomic E-state index is -0.153. The highest BCUT2D eigenvalue weighted by Crippen LogP contribution is 1.94. The quantitative estimate of drug-likeness (QED) is 0.505. The molecule has 0 atom stereocenters. The smallest absolute Gasteiger partial charge is 0.0302 e. The summed E-state index contributed by atoms with van der Waals surface area (Å²) in [7, 11) is 0.252. The van der Waals surface area contributed by atoms with Crippen molar-refractivity contribution in [2.75, 3.05) is 0 Å². The van der Waals surface area contributed by atoms with Crippen LogP contribution in [0.3, 0.4) is 0 Å². The van der Waals surface area contributed by atoms with E-state index in [0.29, 0.717) is 9.52 Å². The number of hydrogen-bond acceptors (Lipinski definition) is 0. The minimum Gasteiger partial charge on any atom is -0.0748 e. The van der Waals surface area contributed by atoms with Crippen molar-refractivity contribution in [2.24, 2.45) is 0 Å². The third kappa shape index (κ3) is 6.43. The van der Waals surface area contributed by atoms with Gasteiger partial charge in [0.15, 0.2) is 0 Å². The molecule has 0 amide bonds. The number of hydrogen-bond donors (Lipinski definition) is 0. The molecule has 0 heterocycles. The van der Waals surface area contributed by atoms with Gasteiger partial charge in [-0.3, -0.25) is 0 Å². The van der Waals surface area contributed by atoms with E-state index in [9.17, 15) is 0 Å². The van der Waals surface area contributed by atoms with E-state index in [1.54, 1.807) is 12.1 Å². The van der Waals surface area contributed by atoms with E-state index < -0.39 is 0 Å². The summed E-state index contributed by atoms with van der Waals surface area (Å²) in [4.78, 5) is 0. The van der Waals surface area contributed by atoms with E-state index >= 15 is 0 Å². The zero-order chi connectivity index (χ0) is 5.70. The molecule has 44 valence electrons. The van der Waals surface area contributed by atoms with E-state index in [1.165, 1.54) is 0 Å². The van der Waals surface area contributed by atoms with Crippen LogP contribution in [0.25, 0.3) is 0 Å². The molecule has 0 radical (unpaired) electrons. The molecule has 0 aromatic heterocycles. The zero-order valence-corrected chi connectivity index (χ0v) is 8.27. The zero-order valence-electron chi connectivity index (χ0n) is 5.70. The summed E-state index contributed by atoms with van der Waals surface area (Å²) >= 11 is 0. The topological polar surface area (TPSA) is 0 Å². The van der Waals surface area contributed by atoms with E-state index in [-0.39, 0.29) is 8.80 Å². The molecule has 2 heteroatoms. The summed E-state index contributed by atoms with van der Waals surface area (Å²) in [6.07, 6.45) is 0. The molecule has 0 saturated carbocycles. The first kappa shape index (κ1) is 7.43. The second-order valence-corrected chi connectivity index (χ2v) is 7.61. The van der Waals surface area contributed by atoms with Gasteiger partial charge in [0.2, 0.25) is 0 Å². The number of rotatable bonds is 3. The van der Waals surface area contributed by atoms with Crippen molar-refractivity contribution in [3.05, 3.63) is 0 Å². The Labute approximate surface area is 50.8 Å². The highest BCUT2D eigenvalue weighted by Gasteiger charge is 1.91. The van der Waals surface area contributed by atoms with Gasteiger partial charge in [0.25, 0.3) is 0 Å². The molecular weight excluding hydrogens is 116 g/mol. The minimum absolute atomic E-state index is 0.153. The fourth-order valence-corrected chi connectivity index (χ4v) is 5.51. The predicted octanol–water partition coefficient (Wildman–Crippen LogP) is 1.11. The summed E-state index contributed by atoms with van der Waals surface area (Å²) in [5.74, 6) is 0. The van der Waals surface area contributed by atoms with Crippen LogP contribution >= 0.6 is 0 Å². The van der Waals surface area contributed by atoms with Crippen LogP contribution in [0.2, 0.25) is 31.7 Å². The van der Waals surface area contributed by atoms with Crippen LogP contribution in [-0.4, -0.2) is 18.3 Å². The van der Waals surface area contributed by atoms with Crippen molar-refractivity contribution in [1.29, 1.82) is 0 Å². The second-order valence-electron chi connectivity index (χ2n) is 2.54. The molecule has 0 aliphatic carbocycles. The monoisotopic (exact) mass is 132 g/mol. The molecular formula is C5H16Si2. The fraction of sp³-hybridized carbons (Fsp3) is 1.00. The van der Waals surface area contributed by atoms with Gasteiger partial charge in [-0.25, -0.2) is 0 Å². The lowest BCUT2D eigenvalue weighted by atomic mass is 10.9. The Balaban J connectivity index is 2.68. The Hall–Kier alpha value is 0.434. The normalized spacial score (nSPS) is 12.0. The largest absolute Gasteiger partial charge is 0.0748 e. The molecule has 0 aromatic carbocycles. The van der Waals surface area contributed by atoms with Crippen molar-refractivity contribution >= 4 is 18.3 Å². The van der Waals surface area contributed by atoms with Gasteiger partial charge in [0, 0.05) is 18.3 Å². The van der Waals surface area contributed by atoms with Crippen molar-refractivity contribution in [3.8, 4) is 0 Å². The second kappa shape index (κ2) is 4.59. The van der Waals surface area contributed by atoms with E-state index in [4.69, 9.17) is 0 Å². The van der Waals surface area contributed by atoms with Gasteiger partial charge in [0.1, 0.15) is 0 Å². The van der Waals surface area contributed by atoms with Crippen LogP contribution in [-0.2, 0) is 0 Å². The van der Waals surface area contributed by atoms with Crippen molar-refractivity contribution in [1.82, 2.24) is 0 Å². The summed E-state index contributed by atoms with van der Waals surface area (Å²) in [5.41, 5.74) is 0.